The number of para-hydroxylation sites is 1. The molecule has 26 heavy (non-hydrogen) atoms. The molecular weight excluding hydrogens is 375 g/mol. The van der Waals surface area contributed by atoms with Gasteiger partial charge in [-0.1, -0.05) is 29.8 Å². The highest BCUT2D eigenvalue weighted by atomic mass is 35.5. The minimum atomic E-state index is -4.51. The monoisotopic (exact) mass is 387 g/mol. The van der Waals surface area contributed by atoms with Gasteiger partial charge in [0.15, 0.2) is 6.61 Å². The Labute approximate surface area is 151 Å². The van der Waals surface area contributed by atoms with Gasteiger partial charge in [0.25, 0.3) is 5.91 Å². The Bertz CT molecular complexity index is 800. The number of nitrogens with one attached hydrogen (secondary N) is 3. The average molecular weight is 388 g/mol. The van der Waals surface area contributed by atoms with Crippen molar-refractivity contribution in [2.45, 2.75) is 6.18 Å². The number of rotatable bonds is 4. The zero-order valence-electron chi connectivity index (χ0n) is 13.1. The van der Waals surface area contributed by atoms with Crippen LogP contribution in [0.2, 0.25) is 5.02 Å². The van der Waals surface area contributed by atoms with Crippen molar-refractivity contribution >= 4 is 29.2 Å². The van der Waals surface area contributed by atoms with Crippen LogP contribution in [-0.2, 0) is 11.0 Å². The number of anilines is 1. The highest BCUT2D eigenvalue weighted by Crippen LogP contribution is 2.31. The van der Waals surface area contributed by atoms with Crippen LogP contribution in [0.1, 0.15) is 5.56 Å². The number of ether oxygens (including phenoxy) is 1. The molecule has 0 unspecified atom stereocenters. The van der Waals surface area contributed by atoms with Gasteiger partial charge in [-0.15, -0.1) is 0 Å². The van der Waals surface area contributed by atoms with E-state index in [1.807, 2.05) is 5.43 Å². The van der Waals surface area contributed by atoms with Gasteiger partial charge >= 0.3 is 12.2 Å². The summed E-state index contributed by atoms with van der Waals surface area (Å²) < 4.78 is 42.7. The minimum absolute atomic E-state index is 0.129. The smallest absolute Gasteiger partial charge is 0.416 e. The molecule has 2 rings (SSSR count). The molecule has 0 saturated heterocycles. The van der Waals surface area contributed by atoms with E-state index in [1.165, 1.54) is 6.07 Å². The fourth-order valence-corrected chi connectivity index (χ4v) is 1.97. The summed E-state index contributed by atoms with van der Waals surface area (Å²) in [6, 6.07) is 9.79. The molecule has 138 valence electrons. The van der Waals surface area contributed by atoms with Crippen LogP contribution in [0.25, 0.3) is 0 Å². The Morgan fingerprint density at radius 2 is 1.77 bits per heavy atom. The summed E-state index contributed by atoms with van der Waals surface area (Å²) in [7, 11) is 0. The number of urea groups is 1. The van der Waals surface area contributed by atoms with E-state index in [-0.39, 0.29) is 5.75 Å². The van der Waals surface area contributed by atoms with Crippen LogP contribution in [-0.4, -0.2) is 18.5 Å². The van der Waals surface area contributed by atoms with E-state index < -0.39 is 30.3 Å². The molecule has 6 nitrogen and oxygen atoms in total. The van der Waals surface area contributed by atoms with Crippen LogP contribution in [0.15, 0.2) is 48.5 Å². The lowest BCUT2D eigenvalue weighted by atomic mass is 10.2. The third kappa shape index (κ3) is 5.85. The van der Waals surface area contributed by atoms with Crippen molar-refractivity contribution < 1.29 is 27.5 Å². The molecule has 0 heterocycles. The lowest BCUT2D eigenvalue weighted by Gasteiger charge is -2.11. The SMILES string of the molecule is O=C(COc1cccc(C(F)(F)F)c1)NNC(=O)Nc1ccccc1Cl. The topological polar surface area (TPSA) is 79.5 Å². The van der Waals surface area contributed by atoms with Gasteiger partial charge in [-0.25, -0.2) is 10.2 Å². The molecule has 0 atom stereocenters. The molecule has 2 aromatic carbocycles. The van der Waals surface area contributed by atoms with E-state index in [4.69, 9.17) is 16.3 Å². The standard InChI is InChI=1S/C16H13ClF3N3O3/c17-12-6-1-2-7-13(12)21-15(25)23-22-14(24)9-26-11-5-3-4-10(8-11)16(18,19)20/h1-8H,9H2,(H,22,24)(H2,21,23,25). The second kappa shape index (κ2) is 8.43. The Morgan fingerprint density at radius 3 is 2.46 bits per heavy atom. The molecule has 3 amide bonds. The van der Waals surface area contributed by atoms with Crippen molar-refractivity contribution in [1.82, 2.24) is 10.9 Å². The van der Waals surface area contributed by atoms with E-state index in [0.717, 1.165) is 18.2 Å². The summed E-state index contributed by atoms with van der Waals surface area (Å²) in [4.78, 5) is 23.2. The Morgan fingerprint density at radius 1 is 1.04 bits per heavy atom. The number of halogens is 4. The maximum absolute atomic E-state index is 12.6. The maximum atomic E-state index is 12.6. The van der Waals surface area contributed by atoms with Crippen LogP contribution >= 0.6 is 11.6 Å². The molecule has 0 aliphatic heterocycles. The van der Waals surface area contributed by atoms with E-state index in [1.54, 1.807) is 24.3 Å². The number of hydrazine groups is 1. The predicted octanol–water partition coefficient (Wildman–Crippen LogP) is 3.59. The van der Waals surface area contributed by atoms with Gasteiger partial charge in [0.05, 0.1) is 16.3 Å². The molecule has 2 aromatic rings. The molecule has 10 heteroatoms. The molecular formula is C16H13ClF3N3O3. The number of alkyl halides is 3. The summed E-state index contributed by atoms with van der Waals surface area (Å²) in [5.74, 6) is -0.896. The highest BCUT2D eigenvalue weighted by Gasteiger charge is 2.30. The van der Waals surface area contributed by atoms with Crippen LogP contribution < -0.4 is 20.9 Å². The summed E-state index contributed by atoms with van der Waals surface area (Å²) in [6.45, 7) is -0.590. The van der Waals surface area contributed by atoms with E-state index >= 15 is 0 Å². The number of hydrogen-bond acceptors (Lipinski definition) is 3. The summed E-state index contributed by atoms with van der Waals surface area (Å²) >= 11 is 5.86. The van der Waals surface area contributed by atoms with Crippen molar-refractivity contribution in [1.29, 1.82) is 0 Å². The first-order valence-corrected chi connectivity index (χ1v) is 7.54. The minimum Gasteiger partial charge on any atom is -0.484 e. The van der Waals surface area contributed by atoms with Gasteiger partial charge in [0, 0.05) is 0 Å². The van der Waals surface area contributed by atoms with Gasteiger partial charge in [0.2, 0.25) is 0 Å². The van der Waals surface area contributed by atoms with Gasteiger partial charge in [-0.05, 0) is 30.3 Å². The Kier molecular flexibility index (Phi) is 6.29. The Hall–Kier alpha value is -2.94. The molecule has 0 fully saturated rings. The predicted molar refractivity (Wildman–Crippen MR) is 88.7 cm³/mol. The largest absolute Gasteiger partial charge is 0.484 e. The first-order valence-electron chi connectivity index (χ1n) is 7.16. The molecule has 0 aliphatic carbocycles. The normalized spacial score (nSPS) is 10.8. The number of benzene rings is 2. The quantitative estimate of drug-likeness (QED) is 0.701. The van der Waals surface area contributed by atoms with Crippen LogP contribution in [0.4, 0.5) is 23.7 Å². The first-order chi connectivity index (χ1) is 12.3. The van der Waals surface area contributed by atoms with E-state index in [0.29, 0.717) is 10.7 Å². The molecule has 0 spiro atoms. The molecule has 0 bridgehead atoms. The van der Waals surface area contributed by atoms with Crippen molar-refractivity contribution in [3.8, 4) is 5.75 Å². The number of amides is 3. The fraction of sp³-hybridized carbons (Fsp3) is 0.125. The molecule has 0 radical (unpaired) electrons. The van der Waals surface area contributed by atoms with Crippen LogP contribution in [0.5, 0.6) is 5.75 Å². The summed E-state index contributed by atoms with van der Waals surface area (Å²) in [5, 5.41) is 2.71. The molecule has 0 saturated carbocycles. The average Bonchev–Trinajstić information content (AvgIpc) is 2.60. The van der Waals surface area contributed by atoms with Crippen molar-refractivity contribution in [2.75, 3.05) is 11.9 Å². The zero-order chi connectivity index (χ0) is 19.2. The number of carbonyl (C=O) groups excluding carboxylic acids is 2. The highest BCUT2D eigenvalue weighted by molar-refractivity contribution is 6.33. The third-order valence-electron chi connectivity index (χ3n) is 2.97. The Balaban J connectivity index is 1.79. The van der Waals surface area contributed by atoms with Gasteiger partial charge in [-0.2, -0.15) is 13.2 Å². The third-order valence-corrected chi connectivity index (χ3v) is 3.30. The van der Waals surface area contributed by atoms with Gasteiger partial charge < -0.3 is 10.1 Å². The zero-order valence-corrected chi connectivity index (χ0v) is 13.8. The van der Waals surface area contributed by atoms with E-state index in [2.05, 4.69) is 10.7 Å². The fourth-order valence-electron chi connectivity index (χ4n) is 1.79. The molecule has 3 N–H and O–H groups in total. The van der Waals surface area contributed by atoms with Crippen molar-refractivity contribution in [3.63, 3.8) is 0 Å². The van der Waals surface area contributed by atoms with Gasteiger partial charge in [0.1, 0.15) is 5.75 Å². The summed E-state index contributed by atoms with van der Waals surface area (Å²) in [6.07, 6.45) is -4.51. The van der Waals surface area contributed by atoms with Crippen molar-refractivity contribution in [3.05, 3.63) is 59.1 Å². The lowest BCUT2D eigenvalue weighted by Crippen LogP contribution is -2.45. The number of hydrogen-bond donors (Lipinski definition) is 3. The summed E-state index contributed by atoms with van der Waals surface area (Å²) in [5.41, 5.74) is 3.55. The molecule has 0 aliphatic rings. The van der Waals surface area contributed by atoms with Crippen LogP contribution in [0.3, 0.4) is 0 Å². The van der Waals surface area contributed by atoms with Crippen LogP contribution in [0, 0.1) is 0 Å². The first kappa shape index (κ1) is 19.4. The number of carbonyl (C=O) groups is 2. The maximum Gasteiger partial charge on any atom is 0.416 e. The lowest BCUT2D eigenvalue weighted by molar-refractivity contribution is -0.137. The molecule has 0 aromatic heterocycles. The second-order valence-electron chi connectivity index (χ2n) is 4.92. The van der Waals surface area contributed by atoms with Crippen molar-refractivity contribution in [2.24, 2.45) is 0 Å². The van der Waals surface area contributed by atoms with E-state index in [9.17, 15) is 22.8 Å². The second-order valence-corrected chi connectivity index (χ2v) is 5.33. The van der Waals surface area contributed by atoms with Gasteiger partial charge in [-0.3, -0.25) is 10.2 Å².